The van der Waals surface area contributed by atoms with Crippen LogP contribution in [0.5, 0.6) is 0 Å². The van der Waals surface area contributed by atoms with E-state index in [2.05, 4.69) is 15.5 Å². The van der Waals surface area contributed by atoms with E-state index in [0.29, 0.717) is 26.2 Å². The summed E-state index contributed by atoms with van der Waals surface area (Å²) in [6, 6.07) is 6.12. The first-order valence-electron chi connectivity index (χ1n) is 9.08. The van der Waals surface area contributed by atoms with Crippen molar-refractivity contribution >= 4 is 11.8 Å². The molecule has 1 saturated heterocycles. The van der Waals surface area contributed by atoms with E-state index in [9.17, 15) is 14.0 Å². The first kappa shape index (κ1) is 20.3. The topological polar surface area (TPSA) is 70.7 Å². The largest absolute Gasteiger partial charge is 0.385 e. The molecule has 0 saturated carbocycles. The Morgan fingerprint density at radius 2 is 1.88 bits per heavy atom. The number of likely N-dealkylation sites (tertiary alicyclic amines) is 1. The number of carbonyl (C=O) groups is 2. The standard InChI is InChI=1S/C19H28FN3O3/c1-26-12-2-9-21-18(24)14-23-10-7-16(8-11-23)19(25)22-13-15-3-5-17(20)6-4-15/h3-6,16H,2,7-14H2,1H3,(H,21,24)(H,22,25). The van der Waals surface area contributed by atoms with Crippen LogP contribution in [0.1, 0.15) is 24.8 Å². The van der Waals surface area contributed by atoms with Crippen LogP contribution >= 0.6 is 0 Å². The molecule has 6 nitrogen and oxygen atoms in total. The summed E-state index contributed by atoms with van der Waals surface area (Å²) in [7, 11) is 1.64. The molecule has 1 aliphatic heterocycles. The molecule has 0 aromatic heterocycles. The smallest absolute Gasteiger partial charge is 0.234 e. The van der Waals surface area contributed by atoms with Crippen LogP contribution in [-0.2, 0) is 20.9 Å². The number of ether oxygens (including phenoxy) is 1. The van der Waals surface area contributed by atoms with Gasteiger partial charge >= 0.3 is 0 Å². The van der Waals surface area contributed by atoms with Crippen molar-refractivity contribution in [2.45, 2.75) is 25.8 Å². The highest BCUT2D eigenvalue weighted by molar-refractivity contribution is 5.79. The number of hydrogen-bond donors (Lipinski definition) is 2. The molecule has 1 aliphatic rings. The predicted molar refractivity (Wildman–Crippen MR) is 96.9 cm³/mol. The Bertz CT molecular complexity index is 572. The molecule has 0 spiro atoms. The third kappa shape index (κ3) is 7.09. The molecule has 2 rings (SSSR count). The van der Waals surface area contributed by atoms with Crippen LogP contribution in [0.25, 0.3) is 0 Å². The second kappa shape index (κ2) is 10.9. The number of carbonyl (C=O) groups excluding carboxylic acids is 2. The number of methoxy groups -OCH3 is 1. The highest BCUT2D eigenvalue weighted by Gasteiger charge is 2.25. The molecule has 144 valence electrons. The molecule has 2 amide bonds. The van der Waals surface area contributed by atoms with Gasteiger partial charge in [-0.15, -0.1) is 0 Å². The van der Waals surface area contributed by atoms with Gasteiger partial charge in [-0.2, -0.15) is 0 Å². The maximum atomic E-state index is 12.9. The lowest BCUT2D eigenvalue weighted by atomic mass is 9.96. The zero-order valence-corrected chi connectivity index (χ0v) is 15.3. The quantitative estimate of drug-likeness (QED) is 0.648. The van der Waals surface area contributed by atoms with E-state index in [-0.39, 0.29) is 23.5 Å². The van der Waals surface area contributed by atoms with Crippen molar-refractivity contribution in [3.05, 3.63) is 35.6 Å². The highest BCUT2D eigenvalue weighted by Crippen LogP contribution is 2.17. The minimum atomic E-state index is -0.282. The Morgan fingerprint density at radius 3 is 2.54 bits per heavy atom. The van der Waals surface area contributed by atoms with Gasteiger partial charge < -0.3 is 15.4 Å². The van der Waals surface area contributed by atoms with Gasteiger partial charge in [-0.3, -0.25) is 14.5 Å². The summed E-state index contributed by atoms with van der Waals surface area (Å²) in [6.45, 7) is 3.51. The van der Waals surface area contributed by atoms with Crippen molar-refractivity contribution in [3.63, 3.8) is 0 Å². The Kier molecular flexibility index (Phi) is 8.50. The van der Waals surface area contributed by atoms with Crippen molar-refractivity contribution in [2.24, 2.45) is 5.92 Å². The van der Waals surface area contributed by atoms with E-state index in [4.69, 9.17) is 4.74 Å². The number of hydrogen-bond acceptors (Lipinski definition) is 4. The third-order valence-electron chi connectivity index (χ3n) is 4.55. The zero-order chi connectivity index (χ0) is 18.8. The second-order valence-electron chi connectivity index (χ2n) is 6.59. The number of nitrogens with zero attached hydrogens (tertiary/aromatic N) is 1. The molecule has 2 N–H and O–H groups in total. The first-order chi connectivity index (χ1) is 12.6. The fourth-order valence-corrected chi connectivity index (χ4v) is 2.99. The van der Waals surface area contributed by atoms with E-state index in [0.717, 1.165) is 37.9 Å². The summed E-state index contributed by atoms with van der Waals surface area (Å²) in [5, 5.41) is 5.79. The Labute approximate surface area is 154 Å². The Morgan fingerprint density at radius 1 is 1.19 bits per heavy atom. The molecule has 0 atom stereocenters. The van der Waals surface area contributed by atoms with Crippen LogP contribution in [-0.4, -0.2) is 56.6 Å². The Hall–Kier alpha value is -1.99. The normalized spacial score (nSPS) is 15.6. The summed E-state index contributed by atoms with van der Waals surface area (Å²) < 4.78 is 17.8. The average Bonchev–Trinajstić information content (AvgIpc) is 2.65. The number of piperidine rings is 1. The fraction of sp³-hybridized carbons (Fsp3) is 0.579. The summed E-state index contributed by atoms with van der Waals surface area (Å²) in [5.41, 5.74) is 0.877. The number of nitrogens with one attached hydrogen (secondary N) is 2. The van der Waals surface area contributed by atoms with E-state index < -0.39 is 0 Å². The Balaban J connectivity index is 1.63. The van der Waals surface area contributed by atoms with E-state index in [1.807, 2.05) is 0 Å². The maximum Gasteiger partial charge on any atom is 0.234 e. The minimum absolute atomic E-state index is 0.0142. The van der Waals surface area contributed by atoms with E-state index >= 15 is 0 Å². The SMILES string of the molecule is COCCCNC(=O)CN1CCC(C(=O)NCc2ccc(F)cc2)CC1. The van der Waals surface area contributed by atoms with Crippen molar-refractivity contribution < 1.29 is 18.7 Å². The predicted octanol–water partition coefficient (Wildman–Crippen LogP) is 1.31. The minimum Gasteiger partial charge on any atom is -0.385 e. The summed E-state index contributed by atoms with van der Waals surface area (Å²) in [6.07, 6.45) is 2.29. The van der Waals surface area contributed by atoms with Crippen LogP contribution in [0.4, 0.5) is 4.39 Å². The van der Waals surface area contributed by atoms with Crippen molar-refractivity contribution in [1.29, 1.82) is 0 Å². The van der Waals surface area contributed by atoms with E-state index in [1.165, 1.54) is 12.1 Å². The number of benzene rings is 1. The lowest BCUT2D eigenvalue weighted by Crippen LogP contribution is -2.44. The van der Waals surface area contributed by atoms with Gasteiger partial charge in [0.1, 0.15) is 5.82 Å². The monoisotopic (exact) mass is 365 g/mol. The molecule has 1 aromatic carbocycles. The molecule has 1 aromatic rings. The van der Waals surface area contributed by atoms with Crippen molar-refractivity contribution in [1.82, 2.24) is 15.5 Å². The summed E-state index contributed by atoms with van der Waals surface area (Å²) in [4.78, 5) is 26.2. The van der Waals surface area contributed by atoms with Gasteiger partial charge in [0.05, 0.1) is 6.54 Å². The first-order valence-corrected chi connectivity index (χ1v) is 9.08. The van der Waals surface area contributed by atoms with Crippen LogP contribution in [0, 0.1) is 11.7 Å². The lowest BCUT2D eigenvalue weighted by molar-refractivity contribution is -0.127. The van der Waals surface area contributed by atoms with Gasteiger partial charge in [0.2, 0.25) is 11.8 Å². The van der Waals surface area contributed by atoms with Gasteiger partial charge in [0, 0.05) is 32.7 Å². The molecule has 7 heteroatoms. The zero-order valence-electron chi connectivity index (χ0n) is 15.3. The lowest BCUT2D eigenvalue weighted by Gasteiger charge is -2.30. The molecule has 1 heterocycles. The van der Waals surface area contributed by atoms with Gasteiger partial charge in [-0.1, -0.05) is 12.1 Å². The fourth-order valence-electron chi connectivity index (χ4n) is 2.99. The molecule has 0 radical (unpaired) electrons. The van der Waals surface area contributed by atoms with Crippen LogP contribution in [0.3, 0.4) is 0 Å². The number of amides is 2. The molecular weight excluding hydrogens is 337 g/mol. The molecule has 0 unspecified atom stereocenters. The summed E-state index contributed by atoms with van der Waals surface area (Å²) >= 11 is 0. The van der Waals surface area contributed by atoms with Gasteiger partial charge in [-0.05, 0) is 50.0 Å². The summed E-state index contributed by atoms with van der Waals surface area (Å²) in [5.74, 6) is -0.273. The van der Waals surface area contributed by atoms with Crippen molar-refractivity contribution in [2.75, 3.05) is 39.9 Å². The molecule has 26 heavy (non-hydrogen) atoms. The average molecular weight is 365 g/mol. The van der Waals surface area contributed by atoms with Gasteiger partial charge in [0.15, 0.2) is 0 Å². The highest BCUT2D eigenvalue weighted by atomic mass is 19.1. The maximum absolute atomic E-state index is 12.9. The number of halogens is 1. The van der Waals surface area contributed by atoms with E-state index in [1.54, 1.807) is 19.2 Å². The molecule has 0 aliphatic carbocycles. The second-order valence-corrected chi connectivity index (χ2v) is 6.59. The molecule has 1 fully saturated rings. The van der Waals surface area contributed by atoms with Crippen molar-refractivity contribution in [3.8, 4) is 0 Å². The van der Waals surface area contributed by atoms with Crippen LogP contribution in [0.15, 0.2) is 24.3 Å². The number of rotatable bonds is 9. The van der Waals surface area contributed by atoms with Crippen LogP contribution in [0.2, 0.25) is 0 Å². The third-order valence-corrected chi connectivity index (χ3v) is 4.55. The van der Waals surface area contributed by atoms with Crippen LogP contribution < -0.4 is 10.6 Å². The molecule has 0 bridgehead atoms. The van der Waals surface area contributed by atoms with Gasteiger partial charge in [0.25, 0.3) is 0 Å². The van der Waals surface area contributed by atoms with Gasteiger partial charge in [-0.25, -0.2) is 4.39 Å². The molecular formula is C19H28FN3O3.